The summed E-state index contributed by atoms with van der Waals surface area (Å²) in [7, 11) is -12.7. The molecule has 246 valence electrons. The summed E-state index contributed by atoms with van der Waals surface area (Å²) in [6.07, 6.45) is 9.84. The molecule has 3 aromatic carbocycles. The molecule has 3 aromatic rings. The second kappa shape index (κ2) is 24.4. The SMILES string of the molecule is CC=CCOP(=O)([O-])Oc1ccccc1.CC=CCOP(=O)([O-])Oc1ccccc1.CC=CCOP(=O)([O-])Oc1ccccc1.[Al+3]. The molecule has 0 aliphatic rings. The minimum atomic E-state index is -4.25. The van der Waals surface area contributed by atoms with Gasteiger partial charge in [0.1, 0.15) is 17.2 Å². The number of rotatable bonds is 15. The Morgan fingerprint density at radius 2 is 0.696 bits per heavy atom. The van der Waals surface area contributed by atoms with Gasteiger partial charge in [0, 0.05) is 0 Å². The molecular formula is C30H36AlO12P3. The first-order chi connectivity index (χ1) is 21.4. The number of hydrogen-bond donors (Lipinski definition) is 0. The zero-order chi connectivity index (χ0) is 33.4. The predicted molar refractivity (Wildman–Crippen MR) is 172 cm³/mol. The maximum Gasteiger partial charge on any atom is 3.00 e. The van der Waals surface area contributed by atoms with Gasteiger partial charge in [-0.25, -0.2) is 0 Å². The van der Waals surface area contributed by atoms with Crippen LogP contribution < -0.4 is 28.3 Å². The summed E-state index contributed by atoms with van der Waals surface area (Å²) in [5.41, 5.74) is 0. The van der Waals surface area contributed by atoms with E-state index in [4.69, 9.17) is 13.6 Å². The van der Waals surface area contributed by atoms with E-state index in [-0.39, 0.29) is 54.4 Å². The molecule has 12 nitrogen and oxygen atoms in total. The van der Waals surface area contributed by atoms with Gasteiger partial charge in [0.05, 0.1) is 19.8 Å². The number of para-hydroxylation sites is 3. The molecule has 46 heavy (non-hydrogen) atoms. The minimum absolute atomic E-state index is 0. The van der Waals surface area contributed by atoms with Crippen LogP contribution in [0.5, 0.6) is 17.2 Å². The standard InChI is InChI=1S/3C10H13O4P.Al/c3*1-2-3-9-13-15(11,12)14-10-7-5-4-6-8-10;/h3*2-8H,9H2,1H3,(H,11,12);/q;;;+3/p-3. The molecule has 16 heteroatoms. The predicted octanol–water partition coefficient (Wildman–Crippen LogP) is 6.00. The quantitative estimate of drug-likeness (QED) is 0.102. The van der Waals surface area contributed by atoms with Crippen LogP contribution in [0, 0.1) is 0 Å². The van der Waals surface area contributed by atoms with Crippen LogP contribution in [0.15, 0.2) is 127 Å². The Morgan fingerprint density at radius 3 is 0.891 bits per heavy atom. The third kappa shape index (κ3) is 22.7. The molecule has 0 aliphatic carbocycles. The van der Waals surface area contributed by atoms with Gasteiger partial charge < -0.3 is 41.8 Å². The fourth-order valence-corrected chi connectivity index (χ4v) is 4.71. The molecule has 0 aliphatic heterocycles. The van der Waals surface area contributed by atoms with E-state index in [1.807, 2.05) is 0 Å². The third-order valence-electron chi connectivity index (χ3n) is 4.57. The second-order valence-corrected chi connectivity index (χ2v) is 12.2. The van der Waals surface area contributed by atoms with Crippen LogP contribution in [0.1, 0.15) is 20.8 Å². The van der Waals surface area contributed by atoms with Gasteiger partial charge in [-0.3, -0.25) is 13.7 Å². The number of phosphoric acid groups is 3. The normalized spacial score (nSPS) is 14.7. The Bertz CT molecular complexity index is 1260. The molecule has 0 saturated heterocycles. The van der Waals surface area contributed by atoms with Gasteiger partial charge in [-0.1, -0.05) is 91.1 Å². The average Bonchev–Trinajstić information content (AvgIpc) is 2.99. The van der Waals surface area contributed by atoms with Gasteiger partial charge in [0.25, 0.3) is 0 Å². The maximum atomic E-state index is 11.2. The fraction of sp³-hybridized carbons (Fsp3) is 0.200. The van der Waals surface area contributed by atoms with Crippen LogP contribution in [-0.4, -0.2) is 37.2 Å². The van der Waals surface area contributed by atoms with Gasteiger partial charge in [-0.15, -0.1) is 0 Å². The molecule has 0 heterocycles. The molecule has 3 atom stereocenters. The molecule has 3 rings (SSSR count). The van der Waals surface area contributed by atoms with Crippen LogP contribution in [0.4, 0.5) is 0 Å². The first-order valence-corrected chi connectivity index (χ1v) is 17.7. The summed E-state index contributed by atoms with van der Waals surface area (Å²) in [6, 6.07) is 24.7. The van der Waals surface area contributed by atoms with Crippen molar-refractivity contribution in [2.45, 2.75) is 20.8 Å². The summed E-state index contributed by atoms with van der Waals surface area (Å²) in [5.74, 6) is 0.740. The van der Waals surface area contributed by atoms with Gasteiger partial charge in [0.2, 0.25) is 0 Å². The maximum absolute atomic E-state index is 11.2. The van der Waals surface area contributed by atoms with Crippen LogP contribution >= 0.6 is 23.5 Å². The molecule has 0 fully saturated rings. The molecule has 0 aromatic heterocycles. The van der Waals surface area contributed by atoms with E-state index in [9.17, 15) is 28.4 Å². The van der Waals surface area contributed by atoms with Crippen molar-refractivity contribution in [3.63, 3.8) is 0 Å². The third-order valence-corrected chi connectivity index (χ3v) is 7.27. The summed E-state index contributed by atoms with van der Waals surface area (Å²) in [4.78, 5) is 33.7. The smallest absolute Gasteiger partial charge is 0.746 e. The van der Waals surface area contributed by atoms with Crippen molar-refractivity contribution < 1.29 is 55.5 Å². The van der Waals surface area contributed by atoms with E-state index in [1.54, 1.807) is 148 Å². The minimum Gasteiger partial charge on any atom is -0.746 e. The molecular weight excluding hydrogens is 672 g/mol. The van der Waals surface area contributed by atoms with E-state index in [0.717, 1.165) is 0 Å². The van der Waals surface area contributed by atoms with Gasteiger partial charge in [0.15, 0.2) is 0 Å². The van der Waals surface area contributed by atoms with Gasteiger partial charge in [-0.2, -0.15) is 0 Å². The number of allylic oxidation sites excluding steroid dienone is 3. The van der Waals surface area contributed by atoms with Crippen LogP contribution in [0.2, 0.25) is 0 Å². The largest absolute Gasteiger partial charge is 3.00 e. The topological polar surface area (TPSA) is 176 Å². The summed E-state index contributed by atoms with van der Waals surface area (Å²) >= 11 is 0. The van der Waals surface area contributed by atoms with Gasteiger partial charge >= 0.3 is 40.8 Å². The average molecular weight is 709 g/mol. The monoisotopic (exact) mass is 708 g/mol. The van der Waals surface area contributed by atoms with Crippen molar-refractivity contribution in [1.29, 1.82) is 0 Å². The first-order valence-electron chi connectivity index (χ1n) is 13.4. The molecule has 0 spiro atoms. The van der Waals surface area contributed by atoms with Crippen LogP contribution in [0.25, 0.3) is 0 Å². The molecule has 0 bridgehead atoms. The van der Waals surface area contributed by atoms with Crippen LogP contribution in [-0.2, 0) is 27.3 Å². The van der Waals surface area contributed by atoms with E-state index in [0.29, 0.717) is 0 Å². The van der Waals surface area contributed by atoms with Crippen molar-refractivity contribution in [2.24, 2.45) is 0 Å². The zero-order valence-corrected chi connectivity index (χ0v) is 29.4. The summed E-state index contributed by atoms with van der Waals surface area (Å²) < 4.78 is 61.4. The van der Waals surface area contributed by atoms with E-state index < -0.39 is 23.5 Å². The molecule has 0 saturated carbocycles. The Balaban J connectivity index is 0.000000653. The van der Waals surface area contributed by atoms with Crippen molar-refractivity contribution in [1.82, 2.24) is 0 Å². The molecule has 0 radical (unpaired) electrons. The Labute approximate surface area is 280 Å². The molecule has 0 amide bonds. The van der Waals surface area contributed by atoms with Gasteiger partial charge in [-0.05, 0) is 57.2 Å². The van der Waals surface area contributed by atoms with E-state index in [2.05, 4.69) is 13.6 Å². The Kier molecular flexibility index (Phi) is 23.0. The fourth-order valence-electron chi connectivity index (χ4n) is 2.60. The van der Waals surface area contributed by atoms with Crippen molar-refractivity contribution in [3.05, 3.63) is 127 Å². The number of hydrogen-bond acceptors (Lipinski definition) is 12. The Hall–Kier alpha value is -2.74. The summed E-state index contributed by atoms with van der Waals surface area (Å²) in [5, 5.41) is 0. The van der Waals surface area contributed by atoms with Crippen LogP contribution in [0.3, 0.4) is 0 Å². The first kappa shape index (κ1) is 43.3. The van der Waals surface area contributed by atoms with Crippen molar-refractivity contribution >= 4 is 40.8 Å². The molecule has 3 unspecified atom stereocenters. The molecule has 0 N–H and O–H groups in total. The second-order valence-electron chi connectivity index (χ2n) is 8.15. The Morgan fingerprint density at radius 1 is 0.478 bits per heavy atom. The van der Waals surface area contributed by atoms with E-state index in [1.165, 1.54) is 0 Å². The summed E-state index contributed by atoms with van der Waals surface area (Å²) in [6.45, 7) is 5.30. The number of phosphoric ester groups is 3. The number of benzene rings is 3. The zero-order valence-electron chi connectivity index (χ0n) is 25.6. The van der Waals surface area contributed by atoms with E-state index >= 15 is 0 Å². The van der Waals surface area contributed by atoms with Crippen molar-refractivity contribution in [3.8, 4) is 17.2 Å². The van der Waals surface area contributed by atoms with Crippen molar-refractivity contribution in [2.75, 3.05) is 19.8 Å².